The molecule has 0 aliphatic rings. The molecule has 0 aliphatic carbocycles. The summed E-state index contributed by atoms with van der Waals surface area (Å²) in [7, 11) is -2.31. The van der Waals surface area contributed by atoms with E-state index in [1.54, 1.807) is 24.3 Å². The first kappa shape index (κ1) is 28.2. The average molecular weight is 504 g/mol. The summed E-state index contributed by atoms with van der Waals surface area (Å²) >= 11 is 0. The van der Waals surface area contributed by atoms with Gasteiger partial charge in [-0.25, -0.2) is 8.42 Å². The van der Waals surface area contributed by atoms with Gasteiger partial charge < -0.3 is 15.0 Å². The molecule has 1 atom stereocenters. The lowest BCUT2D eigenvalue weighted by Gasteiger charge is -2.33. The molecule has 35 heavy (non-hydrogen) atoms. The van der Waals surface area contributed by atoms with E-state index in [1.165, 1.54) is 12.0 Å². The summed E-state index contributed by atoms with van der Waals surface area (Å²) in [4.78, 5) is 28.2. The monoisotopic (exact) mass is 503 g/mol. The van der Waals surface area contributed by atoms with Crippen LogP contribution >= 0.6 is 0 Å². The molecule has 0 saturated heterocycles. The SMILES string of the molecule is CC[C@@H](C(=O)NCC(C)C)N(Cc1cccc(C)c1)C(=O)CN(c1cccc(OC)c1)S(C)(=O)=O. The Hall–Kier alpha value is -3.07. The number of aryl methyl sites for hydroxylation is 1. The van der Waals surface area contributed by atoms with Gasteiger partial charge in [0.15, 0.2) is 0 Å². The molecule has 192 valence electrons. The molecular formula is C26H37N3O5S. The van der Waals surface area contributed by atoms with Crippen molar-refractivity contribution in [2.45, 2.75) is 46.7 Å². The maximum atomic E-state index is 13.7. The molecule has 2 rings (SSSR count). The second kappa shape index (κ2) is 12.6. The van der Waals surface area contributed by atoms with E-state index in [-0.39, 0.29) is 18.4 Å². The molecule has 0 radical (unpaired) electrons. The Morgan fingerprint density at radius 1 is 1.09 bits per heavy atom. The molecule has 2 amide bonds. The highest BCUT2D eigenvalue weighted by molar-refractivity contribution is 7.92. The zero-order chi connectivity index (χ0) is 26.2. The lowest BCUT2D eigenvalue weighted by molar-refractivity contribution is -0.140. The molecule has 2 aromatic rings. The summed E-state index contributed by atoms with van der Waals surface area (Å²) in [5.74, 6) is 0.00617. The van der Waals surface area contributed by atoms with Gasteiger partial charge in [-0.2, -0.15) is 0 Å². The molecule has 0 aliphatic heterocycles. The van der Waals surface area contributed by atoms with E-state index >= 15 is 0 Å². The average Bonchev–Trinajstić information content (AvgIpc) is 2.80. The smallest absolute Gasteiger partial charge is 0.244 e. The van der Waals surface area contributed by atoms with Crippen LogP contribution in [0.25, 0.3) is 0 Å². The normalized spacial score (nSPS) is 12.2. The van der Waals surface area contributed by atoms with Crippen molar-refractivity contribution in [2.24, 2.45) is 5.92 Å². The van der Waals surface area contributed by atoms with E-state index in [4.69, 9.17) is 4.74 Å². The molecule has 0 unspecified atom stereocenters. The van der Waals surface area contributed by atoms with Crippen LogP contribution in [0.3, 0.4) is 0 Å². The van der Waals surface area contributed by atoms with Gasteiger partial charge in [0.1, 0.15) is 18.3 Å². The molecule has 0 saturated carbocycles. The van der Waals surface area contributed by atoms with Crippen LogP contribution in [0.2, 0.25) is 0 Å². The number of carbonyl (C=O) groups excluding carboxylic acids is 2. The highest BCUT2D eigenvalue weighted by Crippen LogP contribution is 2.24. The fraction of sp³-hybridized carbons (Fsp3) is 0.462. The number of amides is 2. The van der Waals surface area contributed by atoms with Gasteiger partial charge in [-0.1, -0.05) is 56.7 Å². The Morgan fingerprint density at radius 2 is 1.77 bits per heavy atom. The van der Waals surface area contributed by atoms with E-state index in [1.807, 2.05) is 52.0 Å². The van der Waals surface area contributed by atoms with Crippen molar-refractivity contribution >= 4 is 27.5 Å². The number of methoxy groups -OCH3 is 1. The molecule has 9 heteroatoms. The summed E-state index contributed by atoms with van der Waals surface area (Å²) < 4.78 is 31.6. The molecule has 0 heterocycles. The molecule has 1 N–H and O–H groups in total. The van der Waals surface area contributed by atoms with Crippen molar-refractivity contribution in [2.75, 3.05) is 30.8 Å². The van der Waals surface area contributed by atoms with E-state index < -0.39 is 28.5 Å². The summed E-state index contributed by atoms with van der Waals surface area (Å²) in [6.07, 6.45) is 1.44. The number of hydrogen-bond acceptors (Lipinski definition) is 5. The van der Waals surface area contributed by atoms with E-state index in [2.05, 4.69) is 5.32 Å². The summed E-state index contributed by atoms with van der Waals surface area (Å²) in [6, 6.07) is 13.5. The lowest BCUT2D eigenvalue weighted by Crippen LogP contribution is -2.52. The second-order valence-electron chi connectivity index (χ2n) is 9.04. The van der Waals surface area contributed by atoms with Crippen LogP contribution in [0.1, 0.15) is 38.3 Å². The zero-order valence-corrected chi connectivity index (χ0v) is 22.3. The van der Waals surface area contributed by atoms with Gasteiger partial charge in [-0.3, -0.25) is 13.9 Å². The number of rotatable bonds is 12. The first-order chi connectivity index (χ1) is 16.5. The fourth-order valence-corrected chi connectivity index (χ4v) is 4.57. The molecule has 0 fully saturated rings. The molecule has 8 nitrogen and oxygen atoms in total. The number of hydrogen-bond donors (Lipinski definition) is 1. The lowest BCUT2D eigenvalue weighted by atomic mass is 10.1. The molecule has 2 aromatic carbocycles. The Morgan fingerprint density at radius 3 is 2.34 bits per heavy atom. The van der Waals surface area contributed by atoms with E-state index in [0.29, 0.717) is 24.4 Å². The maximum absolute atomic E-state index is 13.7. The van der Waals surface area contributed by atoms with Crippen LogP contribution in [-0.4, -0.2) is 57.6 Å². The van der Waals surface area contributed by atoms with Crippen LogP contribution < -0.4 is 14.4 Å². The highest BCUT2D eigenvalue weighted by atomic mass is 32.2. The Balaban J connectivity index is 2.43. The number of sulfonamides is 1. The third-order valence-electron chi connectivity index (χ3n) is 5.53. The Bertz CT molecular complexity index is 1120. The van der Waals surface area contributed by atoms with Crippen molar-refractivity contribution in [3.8, 4) is 5.75 Å². The minimum absolute atomic E-state index is 0.184. The third kappa shape index (κ3) is 8.28. The molecule has 0 spiro atoms. The number of nitrogens with zero attached hydrogens (tertiary/aromatic N) is 2. The fourth-order valence-electron chi connectivity index (χ4n) is 3.73. The molecular weight excluding hydrogens is 466 g/mol. The third-order valence-corrected chi connectivity index (χ3v) is 6.67. The van der Waals surface area contributed by atoms with Gasteiger partial charge in [0, 0.05) is 19.2 Å². The van der Waals surface area contributed by atoms with Gasteiger partial charge in [-0.05, 0) is 37.0 Å². The standard InChI is InChI=1S/C26H37N3O5S/c1-7-24(26(31)27-16-19(2)3)28(17-21-11-8-10-20(4)14-21)25(30)18-29(35(6,32)33)22-12-9-13-23(15-22)34-5/h8-15,19,24H,7,16-18H2,1-6H3,(H,27,31)/t24-/m0/s1. The minimum Gasteiger partial charge on any atom is -0.497 e. The number of benzene rings is 2. The summed E-state index contributed by atoms with van der Waals surface area (Å²) in [6.45, 7) is 8.02. The van der Waals surface area contributed by atoms with Gasteiger partial charge in [0.05, 0.1) is 19.1 Å². The zero-order valence-electron chi connectivity index (χ0n) is 21.4. The van der Waals surface area contributed by atoms with Gasteiger partial charge >= 0.3 is 0 Å². The van der Waals surface area contributed by atoms with Crippen molar-refractivity contribution < 1.29 is 22.7 Å². The van der Waals surface area contributed by atoms with E-state index in [0.717, 1.165) is 21.7 Å². The van der Waals surface area contributed by atoms with Crippen LogP contribution in [0.5, 0.6) is 5.75 Å². The largest absolute Gasteiger partial charge is 0.497 e. The number of ether oxygens (including phenoxy) is 1. The second-order valence-corrected chi connectivity index (χ2v) is 11.0. The van der Waals surface area contributed by atoms with Crippen LogP contribution in [-0.2, 0) is 26.2 Å². The van der Waals surface area contributed by atoms with Crippen molar-refractivity contribution in [3.05, 3.63) is 59.7 Å². The quantitative estimate of drug-likeness (QED) is 0.479. The van der Waals surface area contributed by atoms with Gasteiger partial charge in [0.25, 0.3) is 0 Å². The number of nitrogens with one attached hydrogen (secondary N) is 1. The molecule has 0 aromatic heterocycles. The first-order valence-corrected chi connectivity index (χ1v) is 13.6. The predicted molar refractivity (Wildman–Crippen MR) is 139 cm³/mol. The Kier molecular flexibility index (Phi) is 10.1. The van der Waals surface area contributed by atoms with Crippen molar-refractivity contribution in [1.29, 1.82) is 0 Å². The number of carbonyl (C=O) groups is 2. The molecule has 0 bridgehead atoms. The van der Waals surface area contributed by atoms with Crippen LogP contribution in [0, 0.1) is 12.8 Å². The van der Waals surface area contributed by atoms with E-state index in [9.17, 15) is 18.0 Å². The van der Waals surface area contributed by atoms with Crippen molar-refractivity contribution in [3.63, 3.8) is 0 Å². The summed E-state index contributed by atoms with van der Waals surface area (Å²) in [5.41, 5.74) is 2.20. The van der Waals surface area contributed by atoms with Crippen LogP contribution in [0.15, 0.2) is 48.5 Å². The Labute approximate surface area is 209 Å². The number of anilines is 1. The van der Waals surface area contributed by atoms with Crippen LogP contribution in [0.4, 0.5) is 5.69 Å². The summed E-state index contributed by atoms with van der Waals surface area (Å²) in [5, 5.41) is 2.91. The minimum atomic E-state index is -3.80. The highest BCUT2D eigenvalue weighted by Gasteiger charge is 2.31. The maximum Gasteiger partial charge on any atom is 0.244 e. The first-order valence-electron chi connectivity index (χ1n) is 11.7. The van der Waals surface area contributed by atoms with Gasteiger partial charge in [0.2, 0.25) is 21.8 Å². The van der Waals surface area contributed by atoms with Crippen molar-refractivity contribution in [1.82, 2.24) is 10.2 Å². The van der Waals surface area contributed by atoms with Gasteiger partial charge in [-0.15, -0.1) is 0 Å². The topological polar surface area (TPSA) is 96.0 Å². The predicted octanol–water partition coefficient (Wildman–Crippen LogP) is 3.35.